The van der Waals surface area contributed by atoms with E-state index in [1.54, 1.807) is 0 Å². The van der Waals surface area contributed by atoms with Gasteiger partial charge in [0.1, 0.15) is 6.26 Å². The van der Waals surface area contributed by atoms with Gasteiger partial charge in [-0.15, -0.1) is 0 Å². The molecule has 0 aliphatic rings. The van der Waals surface area contributed by atoms with Gasteiger partial charge < -0.3 is 9.52 Å². The number of aromatic nitrogens is 2. The Balaban J connectivity index is 0.000000350. The highest BCUT2D eigenvalue weighted by molar-refractivity contribution is 5.86. The summed E-state index contributed by atoms with van der Waals surface area (Å²) in [7, 11) is 1.93. The minimum atomic E-state index is -2.12. The summed E-state index contributed by atoms with van der Waals surface area (Å²) >= 11 is 0. The van der Waals surface area contributed by atoms with E-state index in [9.17, 15) is 13.6 Å². The van der Waals surface area contributed by atoms with Crippen molar-refractivity contribution in [2.24, 2.45) is 7.05 Å². The third-order valence-electron chi connectivity index (χ3n) is 3.89. The third-order valence-corrected chi connectivity index (χ3v) is 3.89. The molecule has 0 radical (unpaired) electrons. The van der Waals surface area contributed by atoms with Crippen molar-refractivity contribution < 1.29 is 23.1 Å². The highest BCUT2D eigenvalue weighted by atomic mass is 19.3. The van der Waals surface area contributed by atoms with E-state index in [0.717, 1.165) is 25.0 Å². The van der Waals surface area contributed by atoms with E-state index in [1.807, 2.05) is 17.9 Å². The number of aryl methyl sites for hydroxylation is 2. The summed E-state index contributed by atoms with van der Waals surface area (Å²) in [5, 5.41) is 12.5. The Bertz CT molecular complexity index is 598. The third kappa shape index (κ3) is 10.6. The molecule has 2 heterocycles. The number of nitrogens with zero attached hydrogens (tertiary/aromatic N) is 2. The fourth-order valence-corrected chi connectivity index (χ4v) is 2.47. The Morgan fingerprint density at radius 1 is 1.15 bits per heavy atom. The van der Waals surface area contributed by atoms with Crippen LogP contribution in [0.1, 0.15) is 67.4 Å². The van der Waals surface area contributed by atoms with Crippen molar-refractivity contribution in [2.75, 3.05) is 0 Å². The molecule has 146 valence electrons. The highest BCUT2D eigenvalue weighted by Crippen LogP contribution is 2.12. The van der Waals surface area contributed by atoms with Crippen molar-refractivity contribution in [2.45, 2.75) is 64.2 Å². The number of rotatable bonds is 11. The van der Waals surface area contributed by atoms with E-state index in [4.69, 9.17) is 5.11 Å². The summed E-state index contributed by atoms with van der Waals surface area (Å²) in [5.74, 6) is -0.959. The van der Waals surface area contributed by atoms with Crippen LogP contribution in [0, 0.1) is 0 Å². The van der Waals surface area contributed by atoms with Gasteiger partial charge in [-0.1, -0.05) is 32.1 Å². The van der Waals surface area contributed by atoms with Crippen LogP contribution in [-0.4, -0.2) is 27.3 Å². The number of unbranched alkanes of at least 4 members (excludes halogenated alkanes) is 6. The number of carboxylic acid groups (broad SMARTS) is 1. The van der Waals surface area contributed by atoms with Crippen LogP contribution >= 0.6 is 0 Å². The molecule has 0 spiro atoms. The van der Waals surface area contributed by atoms with Gasteiger partial charge in [-0.05, 0) is 31.4 Å². The minimum Gasteiger partial charge on any atom is -0.478 e. The first-order valence-corrected chi connectivity index (χ1v) is 9.01. The number of furan rings is 1. The molecule has 0 atom stereocenters. The summed E-state index contributed by atoms with van der Waals surface area (Å²) in [6.07, 6.45) is 11.0. The zero-order valence-electron chi connectivity index (χ0n) is 15.2. The van der Waals surface area contributed by atoms with Crippen molar-refractivity contribution in [3.05, 3.63) is 42.1 Å². The van der Waals surface area contributed by atoms with Gasteiger partial charge in [-0.25, -0.2) is 13.6 Å². The van der Waals surface area contributed by atoms with E-state index in [1.165, 1.54) is 44.3 Å². The van der Waals surface area contributed by atoms with Gasteiger partial charge in [0, 0.05) is 19.7 Å². The monoisotopic (exact) mass is 370 g/mol. The van der Waals surface area contributed by atoms with E-state index in [-0.39, 0.29) is 12.0 Å². The largest absolute Gasteiger partial charge is 0.478 e. The van der Waals surface area contributed by atoms with Crippen molar-refractivity contribution in [3.63, 3.8) is 0 Å². The molecule has 0 aliphatic carbocycles. The van der Waals surface area contributed by atoms with Crippen molar-refractivity contribution in [1.82, 2.24) is 9.78 Å². The second-order valence-corrected chi connectivity index (χ2v) is 6.20. The predicted molar refractivity (Wildman–Crippen MR) is 95.5 cm³/mol. The molecule has 0 amide bonds. The second-order valence-electron chi connectivity index (χ2n) is 6.20. The van der Waals surface area contributed by atoms with Gasteiger partial charge in [0.25, 0.3) is 0 Å². The van der Waals surface area contributed by atoms with Gasteiger partial charge in [0.2, 0.25) is 6.43 Å². The maximum Gasteiger partial charge on any atom is 0.338 e. The smallest absolute Gasteiger partial charge is 0.338 e. The molecule has 0 aromatic carbocycles. The zero-order valence-corrected chi connectivity index (χ0v) is 15.2. The summed E-state index contributed by atoms with van der Waals surface area (Å²) in [5.41, 5.74) is 1.35. The van der Waals surface area contributed by atoms with Crippen LogP contribution in [0.3, 0.4) is 0 Å². The Hall–Kier alpha value is -2.18. The molecule has 2 aromatic rings. The number of hydrogen-bond acceptors (Lipinski definition) is 3. The van der Waals surface area contributed by atoms with Gasteiger partial charge in [-0.3, -0.25) is 4.68 Å². The molecule has 1 N–H and O–H groups in total. The van der Waals surface area contributed by atoms with E-state index >= 15 is 0 Å². The number of alkyl halides is 2. The maximum atomic E-state index is 11.9. The van der Waals surface area contributed by atoms with Crippen molar-refractivity contribution in [1.29, 1.82) is 0 Å². The number of carboxylic acids is 1. The Kier molecular flexibility index (Phi) is 11.0. The molecule has 26 heavy (non-hydrogen) atoms. The molecule has 2 aromatic heterocycles. The van der Waals surface area contributed by atoms with Crippen LogP contribution in [0.25, 0.3) is 0 Å². The molecule has 7 heteroatoms. The summed E-state index contributed by atoms with van der Waals surface area (Å²) in [6, 6.07) is 3.45. The van der Waals surface area contributed by atoms with E-state index < -0.39 is 12.4 Å². The van der Waals surface area contributed by atoms with Crippen molar-refractivity contribution in [3.8, 4) is 0 Å². The lowest BCUT2D eigenvalue weighted by Gasteiger charge is -2.01. The molecule has 0 fully saturated rings. The average Bonchev–Trinajstić information content (AvgIpc) is 3.25. The second kappa shape index (κ2) is 13.1. The SMILES string of the molecule is Cn1ccc(CCCCCCCCCC(F)F)n1.O=C(O)c1ccoc1. The molecular weight excluding hydrogens is 342 g/mol. The molecule has 5 nitrogen and oxygen atoms in total. The Morgan fingerprint density at radius 2 is 1.81 bits per heavy atom. The lowest BCUT2D eigenvalue weighted by molar-refractivity contribution is 0.0696. The fraction of sp³-hybridized carbons (Fsp3) is 0.579. The van der Waals surface area contributed by atoms with Crippen LogP contribution < -0.4 is 0 Å². The lowest BCUT2D eigenvalue weighted by atomic mass is 10.1. The fourth-order valence-electron chi connectivity index (χ4n) is 2.47. The Morgan fingerprint density at radius 3 is 2.27 bits per heavy atom. The summed E-state index contributed by atoms with van der Waals surface area (Å²) < 4.78 is 30.1. The summed E-state index contributed by atoms with van der Waals surface area (Å²) in [6.45, 7) is 0. The molecule has 0 bridgehead atoms. The predicted octanol–water partition coefficient (Wildman–Crippen LogP) is 5.33. The maximum absolute atomic E-state index is 11.9. The van der Waals surface area contributed by atoms with Gasteiger partial charge in [0.05, 0.1) is 17.5 Å². The van der Waals surface area contributed by atoms with Crippen LogP contribution in [0.2, 0.25) is 0 Å². The van der Waals surface area contributed by atoms with Gasteiger partial charge >= 0.3 is 5.97 Å². The first-order valence-electron chi connectivity index (χ1n) is 9.01. The van der Waals surface area contributed by atoms with Crippen LogP contribution in [0.15, 0.2) is 35.3 Å². The lowest BCUT2D eigenvalue weighted by Crippen LogP contribution is -1.92. The zero-order chi connectivity index (χ0) is 19.2. The quantitative estimate of drug-likeness (QED) is 0.543. The minimum absolute atomic E-state index is 0.0691. The number of hydrogen-bond donors (Lipinski definition) is 1. The summed E-state index contributed by atoms with van der Waals surface area (Å²) in [4.78, 5) is 10.0. The first kappa shape index (κ1) is 21.9. The van der Waals surface area contributed by atoms with Crippen LogP contribution in [0.4, 0.5) is 8.78 Å². The normalized spacial score (nSPS) is 10.6. The van der Waals surface area contributed by atoms with Crippen molar-refractivity contribution >= 4 is 5.97 Å². The topological polar surface area (TPSA) is 68.3 Å². The molecule has 0 saturated carbocycles. The van der Waals surface area contributed by atoms with Crippen LogP contribution in [0.5, 0.6) is 0 Å². The van der Waals surface area contributed by atoms with E-state index in [0.29, 0.717) is 6.42 Å². The molecule has 0 aliphatic heterocycles. The average molecular weight is 370 g/mol. The molecule has 2 rings (SSSR count). The molecule has 0 saturated heterocycles. The van der Waals surface area contributed by atoms with E-state index in [2.05, 4.69) is 15.6 Å². The number of carbonyl (C=O) groups is 1. The molecular formula is C19H28F2N2O3. The standard InChI is InChI=1S/C14H24F2N2.C5H4O3/c1-18-12-11-13(17-18)9-7-5-3-2-4-6-8-10-14(15)16;6-5(7)4-1-2-8-3-4/h11-12,14H,2-10H2,1H3;1-3H,(H,6,7). The molecule has 0 unspecified atom stereocenters. The van der Waals surface area contributed by atoms with Gasteiger partial charge in [0.15, 0.2) is 0 Å². The van der Waals surface area contributed by atoms with Gasteiger partial charge in [-0.2, -0.15) is 5.10 Å². The number of halogens is 2. The first-order chi connectivity index (χ1) is 12.5. The van der Waals surface area contributed by atoms with Crippen LogP contribution in [-0.2, 0) is 13.5 Å². The Labute approximate surface area is 153 Å². The number of aromatic carboxylic acids is 1. The highest BCUT2D eigenvalue weighted by Gasteiger charge is 2.01.